The molecule has 0 amide bonds. The van der Waals surface area contributed by atoms with Crippen LogP contribution in [0.25, 0.3) is 0 Å². The predicted molar refractivity (Wildman–Crippen MR) is 81.2 cm³/mol. The van der Waals surface area contributed by atoms with E-state index in [1.807, 2.05) is 13.8 Å². The summed E-state index contributed by atoms with van der Waals surface area (Å²) in [5.74, 6) is -0.0231. The summed E-state index contributed by atoms with van der Waals surface area (Å²) in [7, 11) is -3.70. The number of aliphatic hydroxyl groups excluding tert-OH is 1. The Bertz CT molecular complexity index is 542. The van der Waals surface area contributed by atoms with Crippen LogP contribution in [0.2, 0.25) is 5.02 Å². The third-order valence-corrected chi connectivity index (χ3v) is 5.01. The van der Waals surface area contributed by atoms with Crippen LogP contribution in [0.5, 0.6) is 0 Å². The van der Waals surface area contributed by atoms with Crippen molar-refractivity contribution in [3.8, 4) is 0 Å². The number of sulfonamides is 1. The van der Waals surface area contributed by atoms with Gasteiger partial charge in [-0.05, 0) is 30.2 Å². The second-order valence-electron chi connectivity index (χ2n) is 4.71. The summed E-state index contributed by atoms with van der Waals surface area (Å²) < 4.78 is 27.1. The number of halogens is 1. The Morgan fingerprint density at radius 2 is 1.95 bits per heavy atom. The van der Waals surface area contributed by atoms with E-state index in [-0.39, 0.29) is 10.8 Å². The fourth-order valence-corrected chi connectivity index (χ4v) is 3.27. The summed E-state index contributed by atoms with van der Waals surface area (Å²) in [6, 6.07) is 5.27. The number of hydrogen-bond donors (Lipinski definition) is 2. The first-order valence-electron chi connectivity index (χ1n) is 6.40. The lowest BCUT2D eigenvalue weighted by Gasteiger charge is -2.27. The first-order valence-corrected chi connectivity index (χ1v) is 8.26. The van der Waals surface area contributed by atoms with Crippen molar-refractivity contribution in [3.63, 3.8) is 0 Å². The summed E-state index contributed by atoms with van der Waals surface area (Å²) in [5, 5.41) is 10.4. The smallest absolute Gasteiger partial charge is 0.240 e. The third kappa shape index (κ3) is 4.31. The van der Waals surface area contributed by atoms with Crippen molar-refractivity contribution in [1.29, 1.82) is 0 Å². The van der Waals surface area contributed by atoms with Gasteiger partial charge in [0, 0.05) is 5.02 Å². The number of rotatable bonds is 7. The average Bonchev–Trinajstić information content (AvgIpc) is 2.43. The van der Waals surface area contributed by atoms with Crippen molar-refractivity contribution in [1.82, 2.24) is 4.72 Å². The normalized spacial score (nSPS) is 16.4. The molecule has 1 rings (SSSR count). The third-order valence-electron chi connectivity index (χ3n) is 3.28. The highest BCUT2D eigenvalue weighted by atomic mass is 35.5. The summed E-state index contributed by atoms with van der Waals surface area (Å²) in [5.41, 5.74) is 0. The van der Waals surface area contributed by atoms with E-state index in [0.29, 0.717) is 5.02 Å². The maximum Gasteiger partial charge on any atom is 0.240 e. The zero-order valence-corrected chi connectivity index (χ0v) is 13.2. The van der Waals surface area contributed by atoms with Gasteiger partial charge in [-0.3, -0.25) is 0 Å². The Balaban J connectivity index is 3.02. The first kappa shape index (κ1) is 17.2. The summed E-state index contributed by atoms with van der Waals surface area (Å²) in [6.07, 6.45) is 1.13. The van der Waals surface area contributed by atoms with Gasteiger partial charge in [-0.25, -0.2) is 13.1 Å². The van der Waals surface area contributed by atoms with E-state index >= 15 is 0 Å². The highest BCUT2D eigenvalue weighted by Crippen LogP contribution is 2.18. The average molecular weight is 318 g/mol. The standard InChI is InChI=1S/C14H20ClNO3S/c1-4-10(3)14(13(17)5-2)16-20(18,19)12-8-6-11(15)7-9-12/h5-10,13-14,16-17H,2,4H2,1,3H3/t10-,13?,14-/m0/s1. The molecule has 0 radical (unpaired) electrons. The van der Waals surface area contributed by atoms with Crippen LogP contribution < -0.4 is 4.72 Å². The molecule has 1 aromatic rings. The molecule has 0 fully saturated rings. The minimum atomic E-state index is -3.70. The first-order chi connectivity index (χ1) is 9.31. The number of nitrogens with one attached hydrogen (secondary N) is 1. The molecule has 0 spiro atoms. The molecule has 20 heavy (non-hydrogen) atoms. The van der Waals surface area contributed by atoms with Crippen LogP contribution in [0.3, 0.4) is 0 Å². The van der Waals surface area contributed by atoms with Gasteiger partial charge in [-0.1, -0.05) is 37.9 Å². The lowest BCUT2D eigenvalue weighted by atomic mass is 9.95. The molecule has 0 saturated heterocycles. The molecule has 0 aliphatic heterocycles. The lowest BCUT2D eigenvalue weighted by molar-refractivity contribution is 0.153. The minimum absolute atomic E-state index is 0.0231. The summed E-state index contributed by atoms with van der Waals surface area (Å²) >= 11 is 5.74. The summed E-state index contributed by atoms with van der Waals surface area (Å²) in [4.78, 5) is 0.117. The van der Waals surface area contributed by atoms with Gasteiger partial charge in [0.1, 0.15) is 0 Å². The monoisotopic (exact) mass is 317 g/mol. The summed E-state index contributed by atoms with van der Waals surface area (Å²) in [6.45, 7) is 7.32. The second kappa shape index (κ2) is 7.22. The minimum Gasteiger partial charge on any atom is -0.387 e. The van der Waals surface area contributed by atoms with Gasteiger partial charge in [-0.15, -0.1) is 6.58 Å². The Morgan fingerprint density at radius 1 is 1.40 bits per heavy atom. The van der Waals surface area contributed by atoms with Crippen LogP contribution in [0, 0.1) is 5.92 Å². The zero-order chi connectivity index (χ0) is 15.3. The molecular formula is C14H20ClNO3S. The molecule has 4 nitrogen and oxygen atoms in total. The fraction of sp³-hybridized carbons (Fsp3) is 0.429. The highest BCUT2D eigenvalue weighted by Gasteiger charge is 2.28. The van der Waals surface area contributed by atoms with Gasteiger partial charge in [0.15, 0.2) is 0 Å². The van der Waals surface area contributed by atoms with Crippen LogP contribution in [0.1, 0.15) is 20.3 Å². The van der Waals surface area contributed by atoms with Crippen molar-refractivity contribution in [3.05, 3.63) is 41.9 Å². The molecule has 0 aromatic heterocycles. The molecule has 2 N–H and O–H groups in total. The fourth-order valence-electron chi connectivity index (χ4n) is 1.78. The predicted octanol–water partition coefficient (Wildman–Crippen LogP) is 2.58. The topological polar surface area (TPSA) is 66.4 Å². The van der Waals surface area contributed by atoms with Crippen molar-refractivity contribution >= 4 is 21.6 Å². The van der Waals surface area contributed by atoms with E-state index in [9.17, 15) is 13.5 Å². The van der Waals surface area contributed by atoms with Gasteiger partial charge in [0.05, 0.1) is 17.0 Å². The molecule has 1 aromatic carbocycles. The molecular weight excluding hydrogens is 298 g/mol. The zero-order valence-electron chi connectivity index (χ0n) is 11.6. The van der Waals surface area contributed by atoms with E-state index in [2.05, 4.69) is 11.3 Å². The quantitative estimate of drug-likeness (QED) is 0.760. The van der Waals surface area contributed by atoms with Gasteiger partial charge < -0.3 is 5.11 Å². The molecule has 0 saturated carbocycles. The van der Waals surface area contributed by atoms with E-state index in [0.717, 1.165) is 6.42 Å². The number of aliphatic hydroxyl groups is 1. The maximum absolute atomic E-state index is 12.3. The van der Waals surface area contributed by atoms with Crippen molar-refractivity contribution < 1.29 is 13.5 Å². The van der Waals surface area contributed by atoms with Crippen LogP contribution >= 0.6 is 11.6 Å². The Hall–Kier alpha value is -0.880. The SMILES string of the molecule is C=CC(O)[C@@H](NS(=O)(=O)c1ccc(Cl)cc1)[C@@H](C)CC. The van der Waals surface area contributed by atoms with Crippen LogP contribution in [-0.4, -0.2) is 25.7 Å². The molecule has 0 aliphatic rings. The van der Waals surface area contributed by atoms with Crippen LogP contribution in [0.4, 0.5) is 0 Å². The Morgan fingerprint density at radius 3 is 2.40 bits per heavy atom. The highest BCUT2D eigenvalue weighted by molar-refractivity contribution is 7.89. The van der Waals surface area contributed by atoms with Crippen LogP contribution in [0.15, 0.2) is 41.8 Å². The van der Waals surface area contributed by atoms with Crippen LogP contribution in [-0.2, 0) is 10.0 Å². The van der Waals surface area contributed by atoms with E-state index in [1.165, 1.54) is 30.3 Å². The van der Waals surface area contributed by atoms with Crippen molar-refractivity contribution in [2.24, 2.45) is 5.92 Å². The molecule has 0 bridgehead atoms. The van der Waals surface area contributed by atoms with Gasteiger partial charge >= 0.3 is 0 Å². The lowest BCUT2D eigenvalue weighted by Crippen LogP contribution is -2.46. The molecule has 3 atom stereocenters. The molecule has 1 unspecified atom stereocenters. The van der Waals surface area contributed by atoms with Crippen molar-refractivity contribution in [2.75, 3.05) is 0 Å². The van der Waals surface area contributed by atoms with Crippen molar-refractivity contribution in [2.45, 2.75) is 37.3 Å². The van der Waals surface area contributed by atoms with Gasteiger partial charge in [0.25, 0.3) is 0 Å². The van der Waals surface area contributed by atoms with E-state index < -0.39 is 22.2 Å². The molecule has 0 aliphatic carbocycles. The van der Waals surface area contributed by atoms with Gasteiger partial charge in [0.2, 0.25) is 10.0 Å². The number of benzene rings is 1. The molecule has 0 heterocycles. The van der Waals surface area contributed by atoms with Gasteiger partial charge in [-0.2, -0.15) is 0 Å². The van der Waals surface area contributed by atoms with E-state index in [4.69, 9.17) is 11.6 Å². The van der Waals surface area contributed by atoms with E-state index in [1.54, 1.807) is 0 Å². The Labute approximate surface area is 125 Å². The number of hydrogen-bond acceptors (Lipinski definition) is 3. The maximum atomic E-state index is 12.3. The molecule has 112 valence electrons. The largest absolute Gasteiger partial charge is 0.387 e. The Kier molecular flexibility index (Phi) is 6.20. The molecule has 6 heteroatoms. The second-order valence-corrected chi connectivity index (χ2v) is 6.86.